The van der Waals surface area contributed by atoms with E-state index in [1.807, 2.05) is 31.2 Å². The number of carbonyl (C=O) groups excluding carboxylic acids is 4. The van der Waals surface area contributed by atoms with Crippen molar-refractivity contribution in [2.45, 2.75) is 52.2 Å². The first-order valence-corrected chi connectivity index (χ1v) is 13.3. The second kappa shape index (κ2) is 10.2. The zero-order valence-electron chi connectivity index (χ0n) is 22.5. The number of benzene rings is 2. The molecule has 1 aliphatic carbocycles. The van der Waals surface area contributed by atoms with Crippen molar-refractivity contribution in [3.05, 3.63) is 98.7 Å². The molecule has 0 bridgehead atoms. The molecule has 0 fully saturated rings. The Kier molecular flexibility index (Phi) is 6.56. The summed E-state index contributed by atoms with van der Waals surface area (Å²) in [7, 11) is 0. The van der Waals surface area contributed by atoms with Crippen molar-refractivity contribution in [1.82, 2.24) is 30.5 Å². The van der Waals surface area contributed by atoms with Crippen molar-refractivity contribution in [3.8, 4) is 0 Å². The molecule has 3 N–H and O–H groups in total. The Morgan fingerprint density at radius 2 is 1.95 bits per heavy atom. The summed E-state index contributed by atoms with van der Waals surface area (Å²) in [5.41, 5.74) is 5.86. The molecular weight excluding hydrogens is 527 g/mol. The smallest absolute Gasteiger partial charge is 0.270 e. The van der Waals surface area contributed by atoms with Gasteiger partial charge in [0.2, 0.25) is 5.91 Å². The Morgan fingerprint density at radius 1 is 1.12 bits per heavy atom. The first-order chi connectivity index (χ1) is 19.7. The number of hydrogen-bond donors (Lipinski definition) is 3. The molecule has 11 heteroatoms. The number of halogens is 1. The summed E-state index contributed by atoms with van der Waals surface area (Å²) >= 11 is 0. The lowest BCUT2D eigenvalue weighted by molar-refractivity contribution is -0.121. The molecule has 2 aliphatic rings. The topological polar surface area (TPSA) is 135 Å². The van der Waals surface area contributed by atoms with Crippen LogP contribution in [-0.4, -0.2) is 38.1 Å². The first-order valence-electron chi connectivity index (χ1n) is 13.3. The largest absolute Gasteiger partial charge is 0.352 e. The van der Waals surface area contributed by atoms with Gasteiger partial charge in [0.1, 0.15) is 11.4 Å². The Hall–Kier alpha value is -4.93. The number of fused-ring (bicyclic) bond motifs is 3. The van der Waals surface area contributed by atoms with E-state index >= 15 is 0 Å². The summed E-state index contributed by atoms with van der Waals surface area (Å²) in [6, 6.07) is 10.3. The number of nitrogens with zero attached hydrogens (tertiary/aromatic N) is 3. The lowest BCUT2D eigenvalue weighted by Crippen LogP contribution is -2.31. The van der Waals surface area contributed by atoms with Crippen molar-refractivity contribution in [2.24, 2.45) is 0 Å². The van der Waals surface area contributed by atoms with Crippen LogP contribution < -0.4 is 16.0 Å². The molecule has 6 rings (SSSR count). The normalized spacial score (nSPS) is 15.7. The number of rotatable bonds is 6. The van der Waals surface area contributed by atoms with Gasteiger partial charge in [-0.25, -0.2) is 13.9 Å². The predicted molar refractivity (Wildman–Crippen MR) is 146 cm³/mol. The van der Waals surface area contributed by atoms with Gasteiger partial charge in [-0.3, -0.25) is 19.2 Å². The van der Waals surface area contributed by atoms with E-state index in [2.05, 4.69) is 26.0 Å². The predicted octanol–water partition coefficient (Wildman–Crippen LogP) is 2.90. The Labute approximate surface area is 234 Å². The number of Topliss-reactive ketones (excluding diaryl/α,β-unsaturated/α-hetero) is 1. The first kappa shape index (κ1) is 26.3. The fraction of sp³-hybridized carbons (Fsp3) is 0.267. The van der Waals surface area contributed by atoms with Gasteiger partial charge in [-0.05, 0) is 60.1 Å². The highest BCUT2D eigenvalue weighted by Crippen LogP contribution is 2.35. The van der Waals surface area contributed by atoms with Crippen LogP contribution in [0.25, 0.3) is 5.65 Å². The van der Waals surface area contributed by atoms with E-state index in [0.29, 0.717) is 24.9 Å². The quantitative estimate of drug-likeness (QED) is 0.314. The minimum Gasteiger partial charge on any atom is -0.352 e. The molecule has 0 saturated heterocycles. The van der Waals surface area contributed by atoms with Crippen molar-refractivity contribution in [3.63, 3.8) is 0 Å². The summed E-state index contributed by atoms with van der Waals surface area (Å²) in [6.45, 7) is 4.06. The number of hydrogen-bond acceptors (Lipinski definition) is 6. The Morgan fingerprint density at radius 3 is 2.76 bits per heavy atom. The van der Waals surface area contributed by atoms with Crippen molar-refractivity contribution >= 4 is 29.2 Å². The van der Waals surface area contributed by atoms with E-state index in [1.54, 1.807) is 6.07 Å². The molecular formula is C30H27FN6O4. The maximum Gasteiger partial charge on any atom is 0.270 e. The molecule has 2 aromatic heterocycles. The van der Waals surface area contributed by atoms with Crippen LogP contribution in [0.3, 0.4) is 0 Å². The summed E-state index contributed by atoms with van der Waals surface area (Å²) in [4.78, 5) is 54.4. The van der Waals surface area contributed by atoms with Crippen LogP contribution in [0.1, 0.15) is 84.1 Å². The van der Waals surface area contributed by atoms with Gasteiger partial charge in [0.25, 0.3) is 11.8 Å². The highest BCUT2D eigenvalue weighted by atomic mass is 19.1. The monoisotopic (exact) mass is 554 g/mol. The van der Waals surface area contributed by atoms with Gasteiger partial charge in [-0.15, -0.1) is 0 Å². The van der Waals surface area contributed by atoms with Crippen LogP contribution in [0.4, 0.5) is 4.39 Å². The average Bonchev–Trinajstić information content (AvgIpc) is 3.54. The number of amides is 3. The summed E-state index contributed by atoms with van der Waals surface area (Å²) < 4.78 is 15.6. The lowest BCUT2D eigenvalue weighted by Gasteiger charge is -2.18. The Bertz CT molecular complexity index is 1780. The number of ketones is 1. The zero-order valence-corrected chi connectivity index (χ0v) is 22.5. The molecule has 0 radical (unpaired) electrons. The van der Waals surface area contributed by atoms with Gasteiger partial charge >= 0.3 is 0 Å². The fourth-order valence-electron chi connectivity index (χ4n) is 5.69. The van der Waals surface area contributed by atoms with Gasteiger partial charge in [0, 0.05) is 24.7 Å². The molecule has 1 unspecified atom stereocenters. The highest BCUT2D eigenvalue weighted by molar-refractivity contribution is 5.99. The van der Waals surface area contributed by atoms with Crippen LogP contribution in [0.5, 0.6) is 0 Å². The number of nitrogens with one attached hydrogen (secondary N) is 3. The van der Waals surface area contributed by atoms with Crippen LogP contribution in [0.2, 0.25) is 0 Å². The third-order valence-electron chi connectivity index (χ3n) is 7.82. The summed E-state index contributed by atoms with van der Waals surface area (Å²) in [5.74, 6) is -1.95. The van der Waals surface area contributed by atoms with Crippen molar-refractivity contribution < 1.29 is 23.6 Å². The van der Waals surface area contributed by atoms with Crippen LogP contribution in [0.15, 0.2) is 42.6 Å². The molecule has 1 aliphatic heterocycles. The van der Waals surface area contributed by atoms with E-state index in [-0.39, 0.29) is 47.7 Å². The fourth-order valence-corrected chi connectivity index (χ4v) is 5.69. The molecule has 2 aromatic carbocycles. The summed E-state index contributed by atoms with van der Waals surface area (Å²) in [6.07, 6.45) is 2.57. The second-order valence-corrected chi connectivity index (χ2v) is 10.4. The van der Waals surface area contributed by atoms with Crippen LogP contribution in [0, 0.1) is 12.7 Å². The molecule has 3 amide bonds. The maximum absolute atomic E-state index is 14.6. The molecule has 1 atom stereocenters. The molecule has 4 aromatic rings. The minimum atomic E-state index is -0.764. The Balaban J connectivity index is 1.23. The van der Waals surface area contributed by atoms with Gasteiger partial charge in [0.05, 0.1) is 18.7 Å². The van der Waals surface area contributed by atoms with Crippen LogP contribution >= 0.6 is 0 Å². The SMILES string of the molecule is CC(=O)c1ccc2c(c1C)CCC2NC(=O)c1cc(C(=O)NCc2ccc3c(c2)CC(=O)NC3)nc2c(F)cnn12. The van der Waals surface area contributed by atoms with Gasteiger partial charge in [-0.1, -0.05) is 30.3 Å². The zero-order chi connectivity index (χ0) is 28.8. The van der Waals surface area contributed by atoms with Crippen molar-refractivity contribution in [2.75, 3.05) is 0 Å². The summed E-state index contributed by atoms with van der Waals surface area (Å²) in [5, 5.41) is 12.5. The molecule has 41 heavy (non-hydrogen) atoms. The van der Waals surface area contributed by atoms with Gasteiger partial charge < -0.3 is 16.0 Å². The maximum atomic E-state index is 14.6. The second-order valence-electron chi connectivity index (χ2n) is 10.4. The number of aromatic nitrogens is 3. The standard InChI is InChI=1S/C30H27FN6O4/c1-15-20(16(2)38)5-6-22-21(15)7-8-24(22)36-30(41)26-11-25(35-28-23(31)14-34-37(26)28)29(40)33-12-17-3-4-18-13-32-27(39)10-19(18)9-17/h3-6,9,11,14,24H,7-8,10,12-13H2,1-2H3,(H,32,39)(H,33,40)(H,36,41). The van der Waals surface area contributed by atoms with Crippen LogP contribution in [-0.2, 0) is 30.7 Å². The minimum absolute atomic E-state index is 0.0116. The molecule has 0 saturated carbocycles. The van der Waals surface area contributed by atoms with Gasteiger partial charge in [0.15, 0.2) is 17.2 Å². The molecule has 3 heterocycles. The highest BCUT2D eigenvalue weighted by Gasteiger charge is 2.29. The molecule has 208 valence electrons. The third kappa shape index (κ3) is 4.83. The van der Waals surface area contributed by atoms with Crippen molar-refractivity contribution in [1.29, 1.82) is 0 Å². The van der Waals surface area contributed by atoms with E-state index in [1.165, 1.54) is 13.0 Å². The third-order valence-corrected chi connectivity index (χ3v) is 7.82. The van der Waals surface area contributed by atoms with E-state index in [4.69, 9.17) is 0 Å². The number of carbonyl (C=O) groups is 4. The molecule has 10 nitrogen and oxygen atoms in total. The van der Waals surface area contributed by atoms with E-state index < -0.39 is 17.6 Å². The average molecular weight is 555 g/mol. The lowest BCUT2D eigenvalue weighted by atomic mass is 9.96. The van der Waals surface area contributed by atoms with Gasteiger partial charge in [-0.2, -0.15) is 5.10 Å². The molecule has 0 spiro atoms. The van der Waals surface area contributed by atoms with E-state index in [0.717, 1.165) is 44.1 Å². The van der Waals surface area contributed by atoms with E-state index in [9.17, 15) is 23.6 Å².